The molecule has 0 saturated carbocycles. The SMILES string of the molecule is CCCCC(CC)C(=O)NNC(=O)c1ccc(OCC)cc1. The number of rotatable bonds is 8. The van der Waals surface area contributed by atoms with Crippen molar-refractivity contribution < 1.29 is 14.3 Å². The lowest BCUT2D eigenvalue weighted by Gasteiger charge is -2.15. The van der Waals surface area contributed by atoms with Gasteiger partial charge in [0.15, 0.2) is 0 Å². The molecule has 1 unspecified atom stereocenters. The van der Waals surface area contributed by atoms with E-state index in [0.717, 1.165) is 25.7 Å². The van der Waals surface area contributed by atoms with Crippen LogP contribution in [-0.2, 0) is 4.79 Å². The fourth-order valence-corrected chi connectivity index (χ4v) is 2.13. The largest absolute Gasteiger partial charge is 0.494 e. The van der Waals surface area contributed by atoms with Gasteiger partial charge >= 0.3 is 0 Å². The number of carbonyl (C=O) groups excluding carboxylic acids is 2. The molecule has 0 heterocycles. The van der Waals surface area contributed by atoms with Crippen molar-refractivity contribution in [3.63, 3.8) is 0 Å². The molecule has 0 saturated heterocycles. The first-order valence-electron chi connectivity index (χ1n) is 7.95. The lowest BCUT2D eigenvalue weighted by atomic mass is 9.99. The maximum atomic E-state index is 12.0. The minimum Gasteiger partial charge on any atom is -0.494 e. The molecule has 122 valence electrons. The average Bonchev–Trinajstić information content (AvgIpc) is 2.54. The van der Waals surface area contributed by atoms with Gasteiger partial charge in [-0.25, -0.2) is 0 Å². The molecule has 5 nitrogen and oxygen atoms in total. The monoisotopic (exact) mass is 306 g/mol. The van der Waals surface area contributed by atoms with Crippen LogP contribution in [0.2, 0.25) is 0 Å². The van der Waals surface area contributed by atoms with Gasteiger partial charge in [-0.05, 0) is 44.0 Å². The third-order valence-corrected chi connectivity index (χ3v) is 3.50. The summed E-state index contributed by atoms with van der Waals surface area (Å²) in [4.78, 5) is 24.0. The number of carbonyl (C=O) groups is 2. The molecule has 22 heavy (non-hydrogen) atoms. The van der Waals surface area contributed by atoms with E-state index in [0.29, 0.717) is 17.9 Å². The molecule has 1 aromatic rings. The summed E-state index contributed by atoms with van der Waals surface area (Å²) in [6.45, 7) is 6.56. The number of hydrogen-bond acceptors (Lipinski definition) is 3. The quantitative estimate of drug-likeness (QED) is 0.725. The van der Waals surface area contributed by atoms with Crippen LogP contribution in [0.3, 0.4) is 0 Å². The van der Waals surface area contributed by atoms with Crippen molar-refractivity contribution in [2.45, 2.75) is 46.5 Å². The van der Waals surface area contributed by atoms with Crippen molar-refractivity contribution in [3.05, 3.63) is 29.8 Å². The highest BCUT2D eigenvalue weighted by atomic mass is 16.5. The molecule has 0 aromatic heterocycles. The van der Waals surface area contributed by atoms with E-state index in [1.807, 2.05) is 13.8 Å². The van der Waals surface area contributed by atoms with Crippen LogP contribution in [0.4, 0.5) is 0 Å². The number of ether oxygens (including phenoxy) is 1. The predicted octanol–water partition coefficient (Wildman–Crippen LogP) is 3.06. The van der Waals surface area contributed by atoms with Gasteiger partial charge in [-0.3, -0.25) is 20.4 Å². The zero-order chi connectivity index (χ0) is 16.4. The lowest BCUT2D eigenvalue weighted by molar-refractivity contribution is -0.126. The fraction of sp³-hybridized carbons (Fsp3) is 0.529. The number of unbranched alkanes of at least 4 members (excludes halogenated alkanes) is 1. The first-order valence-corrected chi connectivity index (χ1v) is 7.95. The maximum absolute atomic E-state index is 12.0. The molecule has 0 spiro atoms. The van der Waals surface area contributed by atoms with Gasteiger partial charge in [-0.2, -0.15) is 0 Å². The van der Waals surface area contributed by atoms with Crippen molar-refractivity contribution in [1.29, 1.82) is 0 Å². The first kappa shape index (κ1) is 18.0. The number of amides is 2. The van der Waals surface area contributed by atoms with E-state index in [2.05, 4.69) is 17.8 Å². The number of hydrogen-bond donors (Lipinski definition) is 2. The summed E-state index contributed by atoms with van der Waals surface area (Å²) in [6.07, 6.45) is 3.68. The lowest BCUT2D eigenvalue weighted by Crippen LogP contribution is -2.44. The van der Waals surface area contributed by atoms with Gasteiger partial charge in [-0.15, -0.1) is 0 Å². The van der Waals surface area contributed by atoms with Gasteiger partial charge < -0.3 is 4.74 Å². The van der Waals surface area contributed by atoms with Crippen LogP contribution in [0.5, 0.6) is 5.75 Å². The van der Waals surface area contributed by atoms with Gasteiger partial charge in [0.2, 0.25) is 5.91 Å². The molecule has 2 amide bonds. The fourth-order valence-electron chi connectivity index (χ4n) is 2.13. The van der Waals surface area contributed by atoms with E-state index in [1.54, 1.807) is 24.3 Å². The minimum absolute atomic E-state index is 0.0550. The van der Waals surface area contributed by atoms with Crippen molar-refractivity contribution in [3.8, 4) is 5.75 Å². The highest BCUT2D eigenvalue weighted by Crippen LogP contribution is 2.13. The Labute approximate surface area is 132 Å². The average molecular weight is 306 g/mol. The Kier molecular flexibility index (Phi) is 8.04. The number of nitrogens with one attached hydrogen (secondary N) is 2. The molecule has 1 atom stereocenters. The summed E-state index contributed by atoms with van der Waals surface area (Å²) in [5.74, 6) is 0.200. The molecule has 0 fully saturated rings. The summed E-state index contributed by atoms with van der Waals surface area (Å²) < 4.78 is 5.32. The normalized spacial score (nSPS) is 11.6. The van der Waals surface area contributed by atoms with Crippen LogP contribution in [0, 0.1) is 5.92 Å². The Morgan fingerprint density at radius 1 is 1.09 bits per heavy atom. The first-order chi connectivity index (χ1) is 10.6. The zero-order valence-electron chi connectivity index (χ0n) is 13.6. The van der Waals surface area contributed by atoms with E-state index < -0.39 is 0 Å². The highest BCUT2D eigenvalue weighted by molar-refractivity contribution is 5.95. The van der Waals surface area contributed by atoms with Gasteiger partial charge in [0.25, 0.3) is 5.91 Å². The molecule has 2 N–H and O–H groups in total. The van der Waals surface area contributed by atoms with Crippen LogP contribution in [0.25, 0.3) is 0 Å². The molecule has 0 aliphatic rings. The standard InChI is InChI=1S/C17H26N2O3/c1-4-7-8-13(5-2)16(20)18-19-17(21)14-9-11-15(12-10-14)22-6-3/h9-13H,4-8H2,1-3H3,(H,18,20)(H,19,21). The Morgan fingerprint density at radius 2 is 1.77 bits per heavy atom. The molecule has 1 aromatic carbocycles. The smallest absolute Gasteiger partial charge is 0.269 e. The van der Waals surface area contributed by atoms with Crippen LogP contribution in [0.1, 0.15) is 56.8 Å². The van der Waals surface area contributed by atoms with E-state index in [9.17, 15) is 9.59 Å². The molecule has 0 bridgehead atoms. The topological polar surface area (TPSA) is 67.4 Å². The Bertz CT molecular complexity index is 471. The summed E-state index contributed by atoms with van der Waals surface area (Å²) in [5, 5.41) is 0. The van der Waals surface area contributed by atoms with Crippen molar-refractivity contribution in [2.24, 2.45) is 5.92 Å². The van der Waals surface area contributed by atoms with E-state index in [4.69, 9.17) is 4.74 Å². The van der Waals surface area contributed by atoms with Crippen LogP contribution in [-0.4, -0.2) is 18.4 Å². The van der Waals surface area contributed by atoms with Crippen molar-refractivity contribution in [1.82, 2.24) is 10.9 Å². The second kappa shape index (κ2) is 9.82. The predicted molar refractivity (Wildman–Crippen MR) is 86.5 cm³/mol. The second-order valence-corrected chi connectivity index (χ2v) is 5.15. The van der Waals surface area contributed by atoms with Gasteiger partial charge in [0, 0.05) is 11.5 Å². The highest BCUT2D eigenvalue weighted by Gasteiger charge is 2.16. The van der Waals surface area contributed by atoms with E-state index >= 15 is 0 Å². The molecule has 0 radical (unpaired) electrons. The summed E-state index contributed by atoms with van der Waals surface area (Å²) in [7, 11) is 0. The van der Waals surface area contributed by atoms with Crippen molar-refractivity contribution >= 4 is 11.8 Å². The number of benzene rings is 1. The summed E-state index contributed by atoms with van der Waals surface area (Å²) >= 11 is 0. The molecule has 5 heteroatoms. The molecular formula is C17H26N2O3. The molecular weight excluding hydrogens is 280 g/mol. The minimum atomic E-state index is -0.332. The number of hydrazine groups is 1. The van der Waals surface area contributed by atoms with Gasteiger partial charge in [0.1, 0.15) is 5.75 Å². The summed E-state index contributed by atoms with van der Waals surface area (Å²) in [5.41, 5.74) is 5.45. The zero-order valence-corrected chi connectivity index (χ0v) is 13.6. The molecule has 0 aliphatic heterocycles. The van der Waals surface area contributed by atoms with Crippen molar-refractivity contribution in [2.75, 3.05) is 6.61 Å². The molecule has 1 rings (SSSR count). The van der Waals surface area contributed by atoms with E-state index in [1.165, 1.54) is 0 Å². The van der Waals surface area contributed by atoms with Gasteiger partial charge in [-0.1, -0.05) is 26.7 Å². The Hall–Kier alpha value is -2.04. The van der Waals surface area contributed by atoms with Gasteiger partial charge in [0.05, 0.1) is 6.61 Å². The van der Waals surface area contributed by atoms with E-state index in [-0.39, 0.29) is 17.7 Å². The maximum Gasteiger partial charge on any atom is 0.269 e. The third-order valence-electron chi connectivity index (χ3n) is 3.50. The second-order valence-electron chi connectivity index (χ2n) is 5.15. The van der Waals surface area contributed by atoms with Crippen LogP contribution in [0.15, 0.2) is 24.3 Å². The third kappa shape index (κ3) is 5.76. The Morgan fingerprint density at radius 3 is 2.32 bits per heavy atom. The molecule has 0 aliphatic carbocycles. The van der Waals surface area contributed by atoms with Crippen LogP contribution >= 0.6 is 0 Å². The Balaban J connectivity index is 2.48. The van der Waals surface area contributed by atoms with Crippen LogP contribution < -0.4 is 15.6 Å². The summed E-state index contributed by atoms with van der Waals surface area (Å²) in [6, 6.07) is 6.80.